The van der Waals surface area contributed by atoms with E-state index in [9.17, 15) is 9.90 Å². The van der Waals surface area contributed by atoms with Gasteiger partial charge in [0.1, 0.15) is 12.4 Å². The summed E-state index contributed by atoms with van der Waals surface area (Å²) >= 11 is 0. The molecule has 4 nitrogen and oxygen atoms in total. The fourth-order valence-corrected chi connectivity index (χ4v) is 3.45. The number of amides is 1. The molecular weight excluding hydrogens is 290 g/mol. The first-order valence-electron chi connectivity index (χ1n) is 7.84. The highest BCUT2D eigenvalue weighted by atomic mass is 16.5. The summed E-state index contributed by atoms with van der Waals surface area (Å²) < 4.78 is 5.32. The molecule has 1 heterocycles. The molecule has 0 aliphatic carbocycles. The number of hydrogen-bond donors (Lipinski definition) is 1. The van der Waals surface area contributed by atoms with Crippen molar-refractivity contribution in [2.45, 2.75) is 18.4 Å². The van der Waals surface area contributed by atoms with Crippen molar-refractivity contribution in [2.75, 3.05) is 20.3 Å². The van der Waals surface area contributed by atoms with Crippen molar-refractivity contribution in [1.29, 1.82) is 0 Å². The molecule has 1 aliphatic heterocycles. The first kappa shape index (κ1) is 15.6. The van der Waals surface area contributed by atoms with Crippen LogP contribution in [0.4, 0.5) is 0 Å². The highest BCUT2D eigenvalue weighted by Crippen LogP contribution is 2.44. The number of benzene rings is 2. The molecule has 1 fully saturated rings. The van der Waals surface area contributed by atoms with Gasteiger partial charge in [-0.2, -0.15) is 0 Å². The van der Waals surface area contributed by atoms with E-state index >= 15 is 0 Å². The molecule has 0 bridgehead atoms. The van der Waals surface area contributed by atoms with Crippen molar-refractivity contribution in [3.8, 4) is 5.75 Å². The SMILES string of the molecule is COc1cccc([C@@H]2[C@@H](c3ccccc3)CCN2C(=O)CO)c1. The van der Waals surface area contributed by atoms with E-state index in [4.69, 9.17) is 4.74 Å². The quantitative estimate of drug-likeness (QED) is 0.944. The highest BCUT2D eigenvalue weighted by molar-refractivity contribution is 5.78. The van der Waals surface area contributed by atoms with Gasteiger partial charge in [0.25, 0.3) is 0 Å². The number of hydrogen-bond acceptors (Lipinski definition) is 3. The van der Waals surface area contributed by atoms with Crippen molar-refractivity contribution in [2.24, 2.45) is 0 Å². The minimum absolute atomic E-state index is 0.0767. The molecule has 0 spiro atoms. The van der Waals surface area contributed by atoms with E-state index in [-0.39, 0.29) is 17.9 Å². The van der Waals surface area contributed by atoms with Crippen LogP contribution in [-0.2, 0) is 4.79 Å². The molecule has 1 aliphatic rings. The fourth-order valence-electron chi connectivity index (χ4n) is 3.45. The second-order valence-corrected chi connectivity index (χ2v) is 5.77. The predicted molar refractivity (Wildman–Crippen MR) is 88.3 cm³/mol. The first-order valence-corrected chi connectivity index (χ1v) is 7.84. The summed E-state index contributed by atoms with van der Waals surface area (Å²) in [6.45, 7) is 0.197. The Morgan fingerprint density at radius 2 is 1.91 bits per heavy atom. The zero-order chi connectivity index (χ0) is 16.2. The number of nitrogens with zero attached hydrogens (tertiary/aromatic N) is 1. The second kappa shape index (κ2) is 6.84. The van der Waals surface area contributed by atoms with Crippen LogP contribution in [0.5, 0.6) is 5.75 Å². The normalized spacial score (nSPS) is 20.5. The van der Waals surface area contributed by atoms with Crippen LogP contribution in [0.1, 0.15) is 29.5 Å². The van der Waals surface area contributed by atoms with E-state index in [0.717, 1.165) is 17.7 Å². The zero-order valence-corrected chi connectivity index (χ0v) is 13.2. The molecule has 1 N–H and O–H groups in total. The van der Waals surface area contributed by atoms with Gasteiger partial charge in [-0.1, -0.05) is 42.5 Å². The third kappa shape index (κ3) is 3.08. The van der Waals surface area contributed by atoms with Gasteiger partial charge in [-0.3, -0.25) is 4.79 Å². The topological polar surface area (TPSA) is 49.8 Å². The van der Waals surface area contributed by atoms with Gasteiger partial charge in [0, 0.05) is 12.5 Å². The van der Waals surface area contributed by atoms with Crippen LogP contribution in [0.2, 0.25) is 0 Å². The van der Waals surface area contributed by atoms with E-state index in [1.54, 1.807) is 12.0 Å². The molecule has 0 unspecified atom stereocenters. The smallest absolute Gasteiger partial charge is 0.248 e. The molecule has 1 amide bonds. The van der Waals surface area contributed by atoms with Gasteiger partial charge in [-0.15, -0.1) is 0 Å². The largest absolute Gasteiger partial charge is 0.497 e. The third-order valence-electron chi connectivity index (χ3n) is 4.52. The number of carbonyl (C=O) groups excluding carboxylic acids is 1. The van der Waals surface area contributed by atoms with Crippen LogP contribution >= 0.6 is 0 Å². The van der Waals surface area contributed by atoms with Gasteiger partial charge >= 0.3 is 0 Å². The van der Waals surface area contributed by atoms with Crippen molar-refractivity contribution >= 4 is 5.91 Å². The highest BCUT2D eigenvalue weighted by Gasteiger charge is 2.38. The lowest BCUT2D eigenvalue weighted by Crippen LogP contribution is -2.33. The molecule has 3 rings (SSSR count). The summed E-state index contributed by atoms with van der Waals surface area (Å²) in [7, 11) is 1.64. The zero-order valence-electron chi connectivity index (χ0n) is 13.2. The molecule has 2 aromatic carbocycles. The molecule has 0 radical (unpaired) electrons. The van der Waals surface area contributed by atoms with E-state index in [2.05, 4.69) is 12.1 Å². The second-order valence-electron chi connectivity index (χ2n) is 5.77. The molecule has 2 atom stereocenters. The minimum Gasteiger partial charge on any atom is -0.497 e. The van der Waals surface area contributed by atoms with Crippen LogP contribution in [0.25, 0.3) is 0 Å². The summed E-state index contributed by atoms with van der Waals surface area (Å²) in [6.07, 6.45) is 0.887. The Labute approximate surface area is 136 Å². The van der Waals surface area contributed by atoms with Crippen LogP contribution in [0.15, 0.2) is 54.6 Å². The van der Waals surface area contributed by atoms with Gasteiger partial charge in [-0.05, 0) is 29.7 Å². The molecule has 0 aromatic heterocycles. The van der Waals surface area contributed by atoms with E-state index < -0.39 is 6.61 Å². The monoisotopic (exact) mass is 311 g/mol. The maximum Gasteiger partial charge on any atom is 0.248 e. The fraction of sp³-hybridized carbons (Fsp3) is 0.316. The Morgan fingerprint density at radius 1 is 1.17 bits per heavy atom. The standard InChI is InChI=1S/C19H21NO3/c1-23-16-9-5-8-15(12-16)19-17(14-6-3-2-4-7-14)10-11-20(19)18(22)13-21/h2-9,12,17,19,21H,10-11,13H2,1H3/t17-,19-/m1/s1. The molecule has 120 valence electrons. The van der Waals surface area contributed by atoms with Crippen molar-refractivity contribution in [3.05, 3.63) is 65.7 Å². The number of likely N-dealkylation sites (tertiary alicyclic amines) is 1. The average Bonchev–Trinajstić information content (AvgIpc) is 3.07. The number of rotatable bonds is 4. The lowest BCUT2D eigenvalue weighted by Gasteiger charge is -2.29. The van der Waals surface area contributed by atoms with Crippen molar-refractivity contribution in [3.63, 3.8) is 0 Å². The lowest BCUT2D eigenvalue weighted by molar-refractivity contribution is -0.135. The Kier molecular flexibility index (Phi) is 4.63. The van der Waals surface area contributed by atoms with E-state index in [1.807, 2.05) is 42.5 Å². The van der Waals surface area contributed by atoms with Gasteiger partial charge in [0.05, 0.1) is 13.2 Å². The summed E-state index contributed by atoms with van der Waals surface area (Å²) in [5.41, 5.74) is 2.26. The first-order chi connectivity index (χ1) is 11.2. The van der Waals surface area contributed by atoms with Gasteiger partial charge in [-0.25, -0.2) is 0 Å². The maximum atomic E-state index is 12.2. The van der Waals surface area contributed by atoms with Crippen LogP contribution < -0.4 is 4.74 Å². The van der Waals surface area contributed by atoms with Crippen molar-refractivity contribution < 1.29 is 14.6 Å². The number of methoxy groups -OCH3 is 1. The van der Waals surface area contributed by atoms with Crippen molar-refractivity contribution in [1.82, 2.24) is 4.90 Å². The Morgan fingerprint density at radius 3 is 2.61 bits per heavy atom. The minimum atomic E-state index is -0.456. The molecule has 1 saturated heterocycles. The Bertz CT molecular complexity index is 671. The molecule has 2 aromatic rings. The number of aliphatic hydroxyl groups is 1. The predicted octanol–water partition coefficient (Wildman–Crippen LogP) is 2.74. The number of aliphatic hydroxyl groups excluding tert-OH is 1. The van der Waals surface area contributed by atoms with Gasteiger partial charge < -0.3 is 14.7 Å². The lowest BCUT2D eigenvalue weighted by atomic mass is 9.87. The molecular formula is C19H21NO3. The summed E-state index contributed by atoms with van der Waals surface area (Å²) in [4.78, 5) is 14.0. The van der Waals surface area contributed by atoms with Crippen LogP contribution in [0, 0.1) is 0 Å². The van der Waals surface area contributed by atoms with E-state index in [0.29, 0.717) is 6.54 Å². The third-order valence-corrected chi connectivity index (χ3v) is 4.52. The summed E-state index contributed by atoms with van der Waals surface area (Å²) in [5.74, 6) is 0.771. The Hall–Kier alpha value is -2.33. The maximum absolute atomic E-state index is 12.2. The van der Waals surface area contributed by atoms with Gasteiger partial charge in [0.2, 0.25) is 5.91 Å². The summed E-state index contributed by atoms with van der Waals surface area (Å²) in [6, 6.07) is 18.0. The molecule has 23 heavy (non-hydrogen) atoms. The average molecular weight is 311 g/mol. The molecule has 0 saturated carbocycles. The molecule has 4 heteroatoms. The Balaban J connectivity index is 2.01. The summed E-state index contributed by atoms with van der Waals surface area (Å²) in [5, 5.41) is 9.30. The van der Waals surface area contributed by atoms with Crippen LogP contribution in [0.3, 0.4) is 0 Å². The van der Waals surface area contributed by atoms with Crippen LogP contribution in [-0.4, -0.2) is 36.2 Å². The van der Waals surface area contributed by atoms with Gasteiger partial charge in [0.15, 0.2) is 0 Å². The number of carbonyl (C=O) groups is 1. The van der Waals surface area contributed by atoms with E-state index in [1.165, 1.54) is 5.56 Å². The number of ether oxygens (including phenoxy) is 1.